The Morgan fingerprint density at radius 3 is 2.80 bits per heavy atom. The van der Waals surface area contributed by atoms with Gasteiger partial charge < -0.3 is 4.74 Å². The molecule has 58 valence electrons. The summed E-state index contributed by atoms with van der Waals surface area (Å²) in [6, 6.07) is -0.599. The minimum atomic E-state index is -0.599. The third-order valence-electron chi connectivity index (χ3n) is 1.18. The van der Waals surface area contributed by atoms with Crippen LogP contribution in [0.15, 0.2) is 12.8 Å². The number of ether oxygens (including phenoxy) is 1. The van der Waals surface area contributed by atoms with E-state index < -0.39 is 6.04 Å². The first-order chi connectivity index (χ1) is 4.72. The number of rotatable bonds is 5. The molecule has 0 aliphatic carbocycles. The molecule has 0 spiro atoms. The molecule has 1 unspecified atom stereocenters. The van der Waals surface area contributed by atoms with Crippen LogP contribution in [0, 0.1) is 10.1 Å². The van der Waals surface area contributed by atoms with Crippen molar-refractivity contribution in [3.8, 4) is 0 Å². The van der Waals surface area contributed by atoms with Gasteiger partial charge in [-0.15, -0.1) is 0 Å². The monoisotopic (exact) mass is 145 g/mol. The molecule has 0 aliphatic rings. The van der Waals surface area contributed by atoms with E-state index in [2.05, 4.69) is 11.3 Å². The van der Waals surface area contributed by atoms with Crippen LogP contribution in [0.4, 0.5) is 0 Å². The molecule has 0 amide bonds. The van der Waals surface area contributed by atoms with Crippen LogP contribution in [0.3, 0.4) is 0 Å². The molecule has 10 heavy (non-hydrogen) atoms. The lowest BCUT2D eigenvalue weighted by Crippen LogP contribution is -2.23. The van der Waals surface area contributed by atoms with E-state index in [4.69, 9.17) is 0 Å². The Morgan fingerprint density at radius 1 is 1.90 bits per heavy atom. The first-order valence-corrected chi connectivity index (χ1v) is 3.08. The van der Waals surface area contributed by atoms with Gasteiger partial charge in [-0.25, -0.2) is 0 Å². The third kappa shape index (κ3) is 3.06. The summed E-state index contributed by atoms with van der Waals surface area (Å²) in [7, 11) is 0. The Labute approximate surface area is 59.6 Å². The summed E-state index contributed by atoms with van der Waals surface area (Å²) >= 11 is 0. The minimum Gasteiger partial charge on any atom is -0.495 e. The predicted octanol–water partition coefficient (Wildman–Crippen LogP) is 1.20. The van der Waals surface area contributed by atoms with Crippen LogP contribution in [0.1, 0.15) is 13.3 Å². The standard InChI is InChI=1S/C6H11NO3/c1-3-6(7(8)9)5-10-4-2/h4,6H,2-3,5H2,1H3. The number of hydrogen-bond donors (Lipinski definition) is 0. The molecule has 0 radical (unpaired) electrons. The van der Waals surface area contributed by atoms with Crippen molar-refractivity contribution < 1.29 is 9.66 Å². The maximum absolute atomic E-state index is 10.1. The van der Waals surface area contributed by atoms with E-state index >= 15 is 0 Å². The second-order valence-electron chi connectivity index (χ2n) is 1.85. The van der Waals surface area contributed by atoms with Crippen LogP contribution in [0.25, 0.3) is 0 Å². The fourth-order valence-electron chi connectivity index (χ4n) is 0.507. The van der Waals surface area contributed by atoms with Crippen LogP contribution >= 0.6 is 0 Å². The Hall–Kier alpha value is -1.06. The molecule has 0 saturated carbocycles. The minimum absolute atomic E-state index is 0.118. The number of nitrogens with zero attached hydrogens (tertiary/aromatic N) is 1. The van der Waals surface area contributed by atoms with Gasteiger partial charge in [-0.2, -0.15) is 0 Å². The molecule has 0 aromatic heterocycles. The van der Waals surface area contributed by atoms with Crippen molar-refractivity contribution in [1.82, 2.24) is 0 Å². The average Bonchev–Trinajstić information content (AvgIpc) is 1.89. The highest BCUT2D eigenvalue weighted by molar-refractivity contribution is 4.55. The van der Waals surface area contributed by atoms with Gasteiger partial charge in [0.05, 0.1) is 6.26 Å². The van der Waals surface area contributed by atoms with E-state index in [1.54, 1.807) is 6.92 Å². The van der Waals surface area contributed by atoms with E-state index in [0.29, 0.717) is 6.42 Å². The van der Waals surface area contributed by atoms with Gasteiger partial charge in [-0.3, -0.25) is 10.1 Å². The van der Waals surface area contributed by atoms with Gasteiger partial charge in [0.15, 0.2) is 6.61 Å². The number of nitro groups is 1. The fraction of sp³-hybridized carbons (Fsp3) is 0.667. The summed E-state index contributed by atoms with van der Waals surface area (Å²) in [5.41, 5.74) is 0. The molecule has 1 atom stereocenters. The zero-order chi connectivity index (χ0) is 7.98. The van der Waals surface area contributed by atoms with E-state index in [1.165, 1.54) is 6.26 Å². The van der Waals surface area contributed by atoms with Gasteiger partial charge in [-0.05, 0) is 0 Å². The second kappa shape index (κ2) is 4.78. The molecular formula is C6H11NO3. The Balaban J connectivity index is 3.60. The van der Waals surface area contributed by atoms with Crippen molar-refractivity contribution in [2.45, 2.75) is 19.4 Å². The summed E-state index contributed by atoms with van der Waals surface area (Å²) in [5, 5.41) is 10.1. The van der Waals surface area contributed by atoms with Crippen molar-refractivity contribution in [3.63, 3.8) is 0 Å². The SMILES string of the molecule is C=COCC(CC)[N+](=O)[O-]. The molecule has 0 saturated heterocycles. The van der Waals surface area contributed by atoms with Crippen molar-refractivity contribution in [2.24, 2.45) is 0 Å². The van der Waals surface area contributed by atoms with Crippen LogP contribution < -0.4 is 0 Å². The summed E-state index contributed by atoms with van der Waals surface area (Å²) in [6.07, 6.45) is 1.70. The van der Waals surface area contributed by atoms with Gasteiger partial charge in [0.25, 0.3) is 0 Å². The largest absolute Gasteiger partial charge is 0.495 e. The maximum atomic E-state index is 10.1. The highest BCUT2D eigenvalue weighted by Gasteiger charge is 2.16. The molecular weight excluding hydrogens is 134 g/mol. The molecule has 0 aliphatic heterocycles. The summed E-state index contributed by atoms with van der Waals surface area (Å²) in [6.45, 7) is 5.15. The van der Waals surface area contributed by atoms with Crippen molar-refractivity contribution >= 4 is 0 Å². The summed E-state index contributed by atoms with van der Waals surface area (Å²) in [4.78, 5) is 9.78. The summed E-state index contributed by atoms with van der Waals surface area (Å²) in [5.74, 6) is 0. The topological polar surface area (TPSA) is 52.4 Å². The van der Waals surface area contributed by atoms with E-state index in [-0.39, 0.29) is 11.5 Å². The smallest absolute Gasteiger partial charge is 0.246 e. The lowest BCUT2D eigenvalue weighted by molar-refractivity contribution is -0.525. The first kappa shape index (κ1) is 8.94. The van der Waals surface area contributed by atoms with E-state index in [9.17, 15) is 10.1 Å². The molecule has 0 aromatic rings. The van der Waals surface area contributed by atoms with Gasteiger partial charge in [-0.1, -0.05) is 13.5 Å². The molecule has 4 nitrogen and oxygen atoms in total. The second-order valence-corrected chi connectivity index (χ2v) is 1.85. The maximum Gasteiger partial charge on any atom is 0.246 e. The first-order valence-electron chi connectivity index (χ1n) is 3.08. The molecule has 0 heterocycles. The van der Waals surface area contributed by atoms with Gasteiger partial charge in [0.1, 0.15) is 0 Å². The molecule has 0 N–H and O–H groups in total. The quantitative estimate of drug-likeness (QED) is 0.332. The highest BCUT2D eigenvalue weighted by atomic mass is 16.6. The fourth-order valence-corrected chi connectivity index (χ4v) is 0.507. The molecule has 0 bridgehead atoms. The van der Waals surface area contributed by atoms with Crippen molar-refractivity contribution in [1.29, 1.82) is 0 Å². The Bertz CT molecular complexity index is 124. The number of hydrogen-bond acceptors (Lipinski definition) is 3. The zero-order valence-corrected chi connectivity index (χ0v) is 5.95. The van der Waals surface area contributed by atoms with Crippen molar-refractivity contribution in [2.75, 3.05) is 6.61 Å². The van der Waals surface area contributed by atoms with Gasteiger partial charge >= 0.3 is 0 Å². The van der Waals surface area contributed by atoms with Gasteiger partial charge in [0.2, 0.25) is 6.04 Å². The molecule has 0 rings (SSSR count). The van der Waals surface area contributed by atoms with Crippen LogP contribution in [0.5, 0.6) is 0 Å². The lowest BCUT2D eigenvalue weighted by Gasteiger charge is -2.04. The summed E-state index contributed by atoms with van der Waals surface area (Å²) < 4.78 is 4.67. The average molecular weight is 145 g/mol. The van der Waals surface area contributed by atoms with Gasteiger partial charge in [0, 0.05) is 11.3 Å². The molecule has 0 aromatic carbocycles. The third-order valence-corrected chi connectivity index (χ3v) is 1.18. The van der Waals surface area contributed by atoms with Crippen molar-refractivity contribution in [3.05, 3.63) is 23.0 Å². The Kier molecular flexibility index (Phi) is 4.28. The lowest BCUT2D eigenvalue weighted by atomic mass is 10.2. The zero-order valence-electron chi connectivity index (χ0n) is 5.95. The van der Waals surface area contributed by atoms with Crippen LogP contribution in [-0.4, -0.2) is 17.6 Å². The molecule has 4 heteroatoms. The van der Waals surface area contributed by atoms with E-state index in [1.807, 2.05) is 0 Å². The Morgan fingerprint density at radius 2 is 2.50 bits per heavy atom. The molecule has 0 fully saturated rings. The van der Waals surface area contributed by atoms with Crippen LogP contribution in [-0.2, 0) is 4.74 Å². The van der Waals surface area contributed by atoms with Crippen LogP contribution in [0.2, 0.25) is 0 Å². The predicted molar refractivity (Wildman–Crippen MR) is 37.2 cm³/mol. The van der Waals surface area contributed by atoms with E-state index in [0.717, 1.165) is 0 Å². The highest BCUT2D eigenvalue weighted by Crippen LogP contribution is 1.96. The normalized spacial score (nSPS) is 12.1.